The number of rotatable bonds is 6. The summed E-state index contributed by atoms with van der Waals surface area (Å²) in [6, 6.07) is 18.3. The van der Waals surface area contributed by atoms with Gasteiger partial charge in [0.05, 0.1) is 12.0 Å². The Bertz CT molecular complexity index is 1260. The number of fused-ring (bicyclic) bond motifs is 1. The smallest absolute Gasteiger partial charge is 0.220 e. The zero-order chi connectivity index (χ0) is 22.8. The number of amides is 1. The molecule has 0 bridgehead atoms. The molecular formula is C26H27N5O2. The van der Waals surface area contributed by atoms with Gasteiger partial charge in [-0.25, -0.2) is 9.97 Å². The van der Waals surface area contributed by atoms with Gasteiger partial charge in [0.25, 0.3) is 0 Å². The Morgan fingerprint density at radius 2 is 1.79 bits per heavy atom. The molecule has 0 aliphatic carbocycles. The summed E-state index contributed by atoms with van der Waals surface area (Å²) in [5.41, 5.74) is 9.58. The fourth-order valence-electron chi connectivity index (χ4n) is 4.56. The lowest BCUT2D eigenvalue weighted by atomic mass is 9.96. The number of hydrogen-bond acceptors (Lipinski definition) is 5. The van der Waals surface area contributed by atoms with E-state index >= 15 is 0 Å². The minimum Gasteiger partial charge on any atom is -0.494 e. The van der Waals surface area contributed by atoms with Gasteiger partial charge in [0.15, 0.2) is 5.65 Å². The van der Waals surface area contributed by atoms with Gasteiger partial charge in [-0.1, -0.05) is 30.3 Å². The van der Waals surface area contributed by atoms with Crippen LogP contribution in [0, 0.1) is 5.92 Å². The molecule has 168 valence electrons. The second kappa shape index (κ2) is 8.94. The molecule has 0 spiro atoms. The van der Waals surface area contributed by atoms with Crippen molar-refractivity contribution >= 4 is 22.8 Å². The van der Waals surface area contributed by atoms with E-state index in [-0.39, 0.29) is 11.8 Å². The summed E-state index contributed by atoms with van der Waals surface area (Å²) >= 11 is 0. The molecule has 1 saturated heterocycles. The topological polar surface area (TPSA) is 86.3 Å². The molecule has 0 saturated carbocycles. The van der Waals surface area contributed by atoms with Gasteiger partial charge < -0.3 is 19.9 Å². The lowest BCUT2D eigenvalue weighted by Crippen LogP contribution is -2.39. The predicted octanol–water partition coefficient (Wildman–Crippen LogP) is 4.19. The minimum absolute atomic E-state index is 0.0689. The number of primary amides is 1. The number of piperidine rings is 1. The van der Waals surface area contributed by atoms with Gasteiger partial charge in [0, 0.05) is 36.5 Å². The van der Waals surface area contributed by atoms with Gasteiger partial charge >= 0.3 is 0 Å². The third-order valence-electron chi connectivity index (χ3n) is 6.27. The van der Waals surface area contributed by atoms with Crippen molar-refractivity contribution in [3.05, 3.63) is 67.1 Å². The molecule has 1 aliphatic rings. The molecule has 7 nitrogen and oxygen atoms in total. The van der Waals surface area contributed by atoms with Crippen LogP contribution in [-0.2, 0) is 4.79 Å². The van der Waals surface area contributed by atoms with E-state index in [1.165, 1.54) is 0 Å². The zero-order valence-corrected chi connectivity index (χ0v) is 18.6. The van der Waals surface area contributed by atoms with E-state index in [2.05, 4.69) is 32.8 Å². The van der Waals surface area contributed by atoms with Crippen LogP contribution in [0.1, 0.15) is 19.8 Å². The number of carbonyl (C=O) groups excluding carboxylic acids is 1. The first kappa shape index (κ1) is 21.0. The van der Waals surface area contributed by atoms with Crippen LogP contribution < -0.4 is 15.4 Å². The number of aromatic nitrogens is 3. The molecule has 7 heteroatoms. The van der Waals surface area contributed by atoms with Crippen molar-refractivity contribution < 1.29 is 9.53 Å². The highest BCUT2D eigenvalue weighted by molar-refractivity contribution is 6.02. The highest BCUT2D eigenvalue weighted by Gasteiger charge is 2.27. The average molecular weight is 442 g/mol. The molecule has 33 heavy (non-hydrogen) atoms. The summed E-state index contributed by atoms with van der Waals surface area (Å²) in [6.07, 6.45) is 5.23. The fourth-order valence-corrected chi connectivity index (χ4v) is 4.56. The Balaban J connectivity index is 1.63. The number of anilines is 1. The zero-order valence-electron chi connectivity index (χ0n) is 18.6. The molecule has 1 aliphatic heterocycles. The standard InChI is InChI=1S/C26H27N5O2/c1-2-33-21-10-8-20(9-11-21)31-16-22(18-6-4-3-5-7-18)23-25(28-17-29-26(23)31)30-14-12-19(13-15-30)24(27)32/h3-11,16-17,19H,2,12-15H2,1H3,(H2,27,32). The Labute approximate surface area is 192 Å². The second-order valence-corrected chi connectivity index (χ2v) is 8.27. The second-order valence-electron chi connectivity index (χ2n) is 8.27. The van der Waals surface area contributed by atoms with Crippen molar-refractivity contribution in [3.8, 4) is 22.6 Å². The first-order chi connectivity index (χ1) is 16.2. The summed E-state index contributed by atoms with van der Waals surface area (Å²) < 4.78 is 7.71. The monoisotopic (exact) mass is 441 g/mol. The van der Waals surface area contributed by atoms with Gasteiger partial charge in [0.1, 0.15) is 17.9 Å². The fraction of sp³-hybridized carbons (Fsp3) is 0.269. The largest absolute Gasteiger partial charge is 0.494 e. The van der Waals surface area contributed by atoms with Crippen molar-refractivity contribution in [2.75, 3.05) is 24.6 Å². The van der Waals surface area contributed by atoms with Crippen molar-refractivity contribution in [1.82, 2.24) is 14.5 Å². The third kappa shape index (κ3) is 4.02. The maximum atomic E-state index is 11.6. The SMILES string of the molecule is CCOc1ccc(-n2cc(-c3ccccc3)c3c(N4CCC(C(N)=O)CC4)ncnc32)cc1. The quantitative estimate of drug-likeness (QED) is 0.485. The molecule has 2 N–H and O–H groups in total. The van der Waals surface area contributed by atoms with E-state index in [4.69, 9.17) is 15.5 Å². The lowest BCUT2D eigenvalue weighted by molar-refractivity contribution is -0.122. The summed E-state index contributed by atoms with van der Waals surface area (Å²) in [5, 5.41) is 1.01. The molecule has 1 fully saturated rings. The van der Waals surface area contributed by atoms with E-state index in [1.807, 2.05) is 49.4 Å². The molecule has 0 unspecified atom stereocenters. The summed E-state index contributed by atoms with van der Waals surface area (Å²) in [5.74, 6) is 1.45. The molecule has 3 heterocycles. The van der Waals surface area contributed by atoms with Crippen molar-refractivity contribution in [2.24, 2.45) is 11.7 Å². The van der Waals surface area contributed by atoms with E-state index in [1.54, 1.807) is 6.33 Å². The first-order valence-electron chi connectivity index (χ1n) is 11.3. The molecule has 4 aromatic rings. The van der Waals surface area contributed by atoms with E-state index < -0.39 is 0 Å². The summed E-state index contributed by atoms with van der Waals surface area (Å²) in [7, 11) is 0. The number of hydrogen-bond donors (Lipinski definition) is 1. The number of carbonyl (C=O) groups is 1. The van der Waals surface area contributed by atoms with Crippen LogP contribution in [0.15, 0.2) is 67.1 Å². The van der Waals surface area contributed by atoms with Gasteiger partial charge in [-0.05, 0) is 49.6 Å². The maximum absolute atomic E-state index is 11.6. The maximum Gasteiger partial charge on any atom is 0.220 e. The highest BCUT2D eigenvalue weighted by atomic mass is 16.5. The van der Waals surface area contributed by atoms with Crippen LogP contribution in [0.25, 0.3) is 27.8 Å². The first-order valence-corrected chi connectivity index (χ1v) is 11.3. The van der Waals surface area contributed by atoms with E-state index in [9.17, 15) is 4.79 Å². The van der Waals surface area contributed by atoms with Crippen molar-refractivity contribution in [1.29, 1.82) is 0 Å². The van der Waals surface area contributed by atoms with Crippen LogP contribution in [0.3, 0.4) is 0 Å². The van der Waals surface area contributed by atoms with Crippen LogP contribution in [0.4, 0.5) is 5.82 Å². The Morgan fingerprint density at radius 3 is 2.45 bits per heavy atom. The molecular weight excluding hydrogens is 414 g/mol. The van der Waals surface area contributed by atoms with E-state index in [0.29, 0.717) is 6.61 Å². The Hall–Kier alpha value is -3.87. The molecule has 0 atom stereocenters. The van der Waals surface area contributed by atoms with E-state index in [0.717, 1.165) is 65.3 Å². The predicted molar refractivity (Wildman–Crippen MR) is 130 cm³/mol. The normalized spacial score (nSPS) is 14.5. The molecule has 2 aromatic heterocycles. The Morgan fingerprint density at radius 1 is 1.06 bits per heavy atom. The number of nitrogens with two attached hydrogens (primary N) is 1. The number of ether oxygens (including phenoxy) is 1. The van der Waals surface area contributed by atoms with Gasteiger partial charge in [0.2, 0.25) is 5.91 Å². The van der Waals surface area contributed by atoms with Crippen LogP contribution in [0.2, 0.25) is 0 Å². The molecule has 2 aromatic carbocycles. The minimum atomic E-state index is -0.214. The van der Waals surface area contributed by atoms with Gasteiger partial charge in [-0.3, -0.25) is 4.79 Å². The molecule has 1 amide bonds. The van der Waals surface area contributed by atoms with Crippen LogP contribution >= 0.6 is 0 Å². The third-order valence-corrected chi connectivity index (χ3v) is 6.27. The van der Waals surface area contributed by atoms with Crippen LogP contribution in [0.5, 0.6) is 5.75 Å². The van der Waals surface area contributed by atoms with Crippen LogP contribution in [-0.4, -0.2) is 40.1 Å². The highest BCUT2D eigenvalue weighted by Crippen LogP contribution is 2.38. The average Bonchev–Trinajstić information content (AvgIpc) is 3.25. The lowest BCUT2D eigenvalue weighted by Gasteiger charge is -2.31. The summed E-state index contributed by atoms with van der Waals surface area (Å²) in [4.78, 5) is 23.3. The number of benzene rings is 2. The van der Waals surface area contributed by atoms with Crippen molar-refractivity contribution in [3.63, 3.8) is 0 Å². The summed E-state index contributed by atoms with van der Waals surface area (Å²) in [6.45, 7) is 4.08. The molecule has 0 radical (unpaired) electrons. The van der Waals surface area contributed by atoms with Crippen molar-refractivity contribution in [2.45, 2.75) is 19.8 Å². The Kier molecular flexibility index (Phi) is 5.69. The number of nitrogens with zero attached hydrogens (tertiary/aromatic N) is 4. The van der Waals surface area contributed by atoms with Gasteiger partial charge in [-0.15, -0.1) is 0 Å². The van der Waals surface area contributed by atoms with Gasteiger partial charge in [-0.2, -0.15) is 0 Å². The molecule has 5 rings (SSSR count).